The minimum absolute atomic E-state index is 0.123. The van der Waals surface area contributed by atoms with Gasteiger partial charge in [0.2, 0.25) is 0 Å². The first-order valence-electron chi connectivity index (χ1n) is 5.57. The summed E-state index contributed by atoms with van der Waals surface area (Å²) in [5.41, 5.74) is 6.66. The number of nitrogens with one attached hydrogen (secondary N) is 1. The highest BCUT2D eigenvalue weighted by Crippen LogP contribution is 2.21. The first kappa shape index (κ1) is 12.8. The van der Waals surface area contributed by atoms with E-state index in [1.165, 1.54) is 24.0 Å². The standard InChI is InChI=1S/C12H14N4OS/c1-8(13)6-9-2-3-11(15-7-9)18-12-14-5-4-10(17)16-12/h2-5,7-8H,6,13H2,1H3,(H,14,16,17). The minimum atomic E-state index is -0.166. The lowest BCUT2D eigenvalue weighted by atomic mass is 10.1. The molecule has 0 radical (unpaired) electrons. The van der Waals surface area contributed by atoms with Gasteiger partial charge in [-0.05, 0) is 36.7 Å². The van der Waals surface area contributed by atoms with Gasteiger partial charge < -0.3 is 10.7 Å². The van der Waals surface area contributed by atoms with E-state index in [9.17, 15) is 4.79 Å². The summed E-state index contributed by atoms with van der Waals surface area (Å²) in [6.07, 6.45) is 4.08. The third kappa shape index (κ3) is 3.68. The van der Waals surface area contributed by atoms with E-state index in [0.29, 0.717) is 5.16 Å². The molecular formula is C12H14N4OS. The Hall–Kier alpha value is -1.66. The van der Waals surface area contributed by atoms with Gasteiger partial charge in [0.1, 0.15) is 5.03 Å². The van der Waals surface area contributed by atoms with Gasteiger partial charge in [-0.15, -0.1) is 0 Å². The molecule has 2 rings (SSSR count). The molecule has 0 saturated heterocycles. The zero-order chi connectivity index (χ0) is 13.0. The molecule has 2 aromatic heterocycles. The number of H-pyrrole nitrogens is 1. The molecule has 0 fully saturated rings. The minimum Gasteiger partial charge on any atom is -0.328 e. The van der Waals surface area contributed by atoms with Crippen LogP contribution in [-0.4, -0.2) is 21.0 Å². The van der Waals surface area contributed by atoms with Gasteiger partial charge in [0.05, 0.1) is 0 Å². The molecule has 0 aliphatic rings. The number of aromatic nitrogens is 3. The number of hydrogen-bond acceptors (Lipinski definition) is 5. The molecule has 18 heavy (non-hydrogen) atoms. The average Bonchev–Trinajstić information content (AvgIpc) is 2.31. The molecule has 0 aliphatic carbocycles. The van der Waals surface area contributed by atoms with Crippen molar-refractivity contribution in [2.75, 3.05) is 0 Å². The Kier molecular flexibility index (Phi) is 4.11. The SMILES string of the molecule is CC(N)Cc1ccc(Sc2nccc(=O)[nH]2)nc1. The molecule has 1 unspecified atom stereocenters. The lowest BCUT2D eigenvalue weighted by molar-refractivity contribution is 0.734. The summed E-state index contributed by atoms with van der Waals surface area (Å²) < 4.78 is 0. The van der Waals surface area contributed by atoms with Crippen LogP contribution in [0.25, 0.3) is 0 Å². The van der Waals surface area contributed by atoms with Crippen LogP contribution in [0.3, 0.4) is 0 Å². The Morgan fingerprint density at radius 3 is 2.83 bits per heavy atom. The van der Waals surface area contributed by atoms with E-state index in [-0.39, 0.29) is 11.6 Å². The second kappa shape index (κ2) is 5.79. The molecule has 1 atom stereocenters. The molecular weight excluding hydrogens is 248 g/mol. The van der Waals surface area contributed by atoms with Gasteiger partial charge in [0.15, 0.2) is 5.16 Å². The monoisotopic (exact) mass is 262 g/mol. The molecule has 6 heteroatoms. The van der Waals surface area contributed by atoms with Crippen LogP contribution in [0.4, 0.5) is 0 Å². The summed E-state index contributed by atoms with van der Waals surface area (Å²) in [5, 5.41) is 1.33. The van der Waals surface area contributed by atoms with Crippen molar-refractivity contribution >= 4 is 11.8 Å². The van der Waals surface area contributed by atoms with Gasteiger partial charge in [-0.2, -0.15) is 0 Å². The fraction of sp³-hybridized carbons (Fsp3) is 0.250. The normalized spacial score (nSPS) is 12.3. The molecule has 2 aromatic rings. The molecule has 0 saturated carbocycles. The molecule has 3 N–H and O–H groups in total. The van der Waals surface area contributed by atoms with Gasteiger partial charge in [0.25, 0.3) is 5.56 Å². The molecule has 0 spiro atoms. The number of aromatic amines is 1. The van der Waals surface area contributed by atoms with Crippen molar-refractivity contribution < 1.29 is 0 Å². The highest BCUT2D eigenvalue weighted by atomic mass is 32.2. The van der Waals surface area contributed by atoms with Gasteiger partial charge in [-0.3, -0.25) is 4.79 Å². The van der Waals surface area contributed by atoms with Crippen molar-refractivity contribution in [2.45, 2.75) is 29.6 Å². The Bertz CT molecular complexity index is 565. The molecule has 0 amide bonds. The van der Waals surface area contributed by atoms with Crippen LogP contribution in [0.2, 0.25) is 0 Å². The quantitative estimate of drug-likeness (QED) is 0.809. The van der Waals surface area contributed by atoms with Gasteiger partial charge >= 0.3 is 0 Å². The van der Waals surface area contributed by atoms with Crippen molar-refractivity contribution in [2.24, 2.45) is 5.73 Å². The van der Waals surface area contributed by atoms with Crippen molar-refractivity contribution in [3.63, 3.8) is 0 Å². The smallest absolute Gasteiger partial charge is 0.251 e. The van der Waals surface area contributed by atoms with Crippen LogP contribution in [0.5, 0.6) is 0 Å². The molecule has 5 nitrogen and oxygen atoms in total. The van der Waals surface area contributed by atoms with Crippen LogP contribution in [0.1, 0.15) is 12.5 Å². The number of rotatable bonds is 4. The van der Waals surface area contributed by atoms with Crippen molar-refractivity contribution in [3.05, 3.63) is 46.5 Å². The maximum atomic E-state index is 11.1. The van der Waals surface area contributed by atoms with Gasteiger partial charge in [-0.25, -0.2) is 9.97 Å². The van der Waals surface area contributed by atoms with Crippen LogP contribution in [0.15, 0.2) is 45.6 Å². The third-order valence-corrected chi connectivity index (χ3v) is 3.06. The highest BCUT2D eigenvalue weighted by molar-refractivity contribution is 7.99. The molecule has 2 heterocycles. The Morgan fingerprint density at radius 2 is 2.22 bits per heavy atom. The fourth-order valence-electron chi connectivity index (χ4n) is 1.47. The van der Waals surface area contributed by atoms with E-state index in [2.05, 4.69) is 15.0 Å². The fourth-order valence-corrected chi connectivity index (χ4v) is 2.17. The van der Waals surface area contributed by atoms with E-state index < -0.39 is 0 Å². The maximum Gasteiger partial charge on any atom is 0.251 e. The van der Waals surface area contributed by atoms with E-state index in [1.807, 2.05) is 19.1 Å². The number of pyridine rings is 1. The second-order valence-electron chi connectivity index (χ2n) is 4.03. The van der Waals surface area contributed by atoms with Gasteiger partial charge in [0, 0.05) is 24.5 Å². The van der Waals surface area contributed by atoms with Crippen molar-refractivity contribution in [3.8, 4) is 0 Å². The first-order chi connectivity index (χ1) is 8.63. The number of nitrogens with two attached hydrogens (primary N) is 1. The molecule has 0 aromatic carbocycles. The van der Waals surface area contributed by atoms with Crippen molar-refractivity contribution in [1.82, 2.24) is 15.0 Å². The topological polar surface area (TPSA) is 84.7 Å². The molecule has 0 aliphatic heterocycles. The third-order valence-electron chi connectivity index (χ3n) is 2.20. The van der Waals surface area contributed by atoms with Crippen LogP contribution in [-0.2, 0) is 6.42 Å². The predicted molar refractivity (Wildman–Crippen MR) is 70.6 cm³/mol. The van der Waals surface area contributed by atoms with Crippen LogP contribution < -0.4 is 11.3 Å². The highest BCUT2D eigenvalue weighted by Gasteiger charge is 2.02. The zero-order valence-corrected chi connectivity index (χ0v) is 10.8. The summed E-state index contributed by atoms with van der Waals surface area (Å²) >= 11 is 1.32. The molecule has 94 valence electrons. The Balaban J connectivity index is 2.08. The van der Waals surface area contributed by atoms with E-state index >= 15 is 0 Å². The Morgan fingerprint density at radius 1 is 1.39 bits per heavy atom. The summed E-state index contributed by atoms with van der Waals surface area (Å²) in [6.45, 7) is 1.96. The van der Waals surface area contributed by atoms with Crippen LogP contribution >= 0.6 is 11.8 Å². The first-order valence-corrected chi connectivity index (χ1v) is 6.39. The predicted octanol–water partition coefficient (Wildman–Crippen LogP) is 1.21. The van der Waals surface area contributed by atoms with Crippen LogP contribution in [0, 0.1) is 0 Å². The van der Waals surface area contributed by atoms with E-state index in [4.69, 9.17) is 5.73 Å². The number of hydrogen-bond donors (Lipinski definition) is 2. The summed E-state index contributed by atoms with van der Waals surface area (Å²) in [6, 6.07) is 5.38. The zero-order valence-electron chi connectivity index (χ0n) is 9.96. The largest absolute Gasteiger partial charge is 0.328 e. The lowest BCUT2D eigenvalue weighted by Gasteiger charge is -2.05. The van der Waals surface area contributed by atoms with E-state index in [0.717, 1.165) is 17.0 Å². The summed E-state index contributed by atoms with van der Waals surface area (Å²) in [7, 11) is 0. The lowest BCUT2D eigenvalue weighted by Crippen LogP contribution is -2.17. The van der Waals surface area contributed by atoms with Crippen molar-refractivity contribution in [1.29, 1.82) is 0 Å². The summed E-state index contributed by atoms with van der Waals surface area (Å²) in [5.74, 6) is 0. The second-order valence-corrected chi connectivity index (χ2v) is 5.04. The molecule has 0 bridgehead atoms. The Labute approximate surface area is 109 Å². The average molecular weight is 262 g/mol. The summed E-state index contributed by atoms with van der Waals surface area (Å²) in [4.78, 5) is 22.1. The maximum absolute atomic E-state index is 11.1. The van der Waals surface area contributed by atoms with Gasteiger partial charge in [-0.1, -0.05) is 6.07 Å². The number of nitrogens with zero attached hydrogens (tertiary/aromatic N) is 2. The van der Waals surface area contributed by atoms with E-state index in [1.54, 1.807) is 6.20 Å².